The van der Waals surface area contributed by atoms with Crippen molar-refractivity contribution in [2.24, 2.45) is 28.1 Å². The number of nitrogens with one attached hydrogen (secondary N) is 2. The number of aliphatic carboxylic acids is 2. The number of carbonyl (C=O) groups excluding carboxylic acids is 3. The molecule has 0 aromatic carbocycles. The Morgan fingerprint density at radius 3 is 2.28 bits per heavy atom. The second-order valence-corrected chi connectivity index (χ2v) is 9.27. The molecule has 0 saturated carbocycles. The van der Waals surface area contributed by atoms with E-state index in [1.807, 2.05) is 13.8 Å². The first-order chi connectivity index (χ1) is 16.8. The van der Waals surface area contributed by atoms with Crippen LogP contribution in [-0.4, -0.2) is 88.0 Å². The Kier molecular flexibility index (Phi) is 12.6. The summed E-state index contributed by atoms with van der Waals surface area (Å²) >= 11 is 0. The second-order valence-electron chi connectivity index (χ2n) is 9.27. The average Bonchev–Trinajstić information content (AvgIpc) is 3.27. The summed E-state index contributed by atoms with van der Waals surface area (Å²) in [5.41, 5.74) is 16.3. The van der Waals surface area contributed by atoms with Crippen molar-refractivity contribution in [1.29, 1.82) is 0 Å². The van der Waals surface area contributed by atoms with Crippen molar-refractivity contribution < 1.29 is 34.2 Å². The summed E-state index contributed by atoms with van der Waals surface area (Å²) in [4.78, 5) is 66.3. The molecule has 1 aliphatic heterocycles. The van der Waals surface area contributed by atoms with Gasteiger partial charge in [-0.2, -0.15) is 0 Å². The quantitative estimate of drug-likeness (QED) is 0.0744. The molecule has 36 heavy (non-hydrogen) atoms. The summed E-state index contributed by atoms with van der Waals surface area (Å²) in [5, 5.41) is 23.4. The minimum Gasteiger partial charge on any atom is -0.481 e. The van der Waals surface area contributed by atoms with Crippen LogP contribution in [0.5, 0.6) is 0 Å². The number of guanidine groups is 1. The number of carboxylic acids is 2. The third-order valence-corrected chi connectivity index (χ3v) is 5.73. The van der Waals surface area contributed by atoms with Crippen LogP contribution in [-0.2, 0) is 24.0 Å². The van der Waals surface area contributed by atoms with Crippen molar-refractivity contribution in [3.8, 4) is 0 Å². The Hall–Kier alpha value is -3.42. The maximum Gasteiger partial charge on any atom is 0.326 e. The summed E-state index contributed by atoms with van der Waals surface area (Å²) < 4.78 is 0. The number of carbonyl (C=O) groups is 5. The summed E-state index contributed by atoms with van der Waals surface area (Å²) in [6, 6.07) is -4.12. The molecule has 3 amide bonds. The van der Waals surface area contributed by atoms with E-state index < -0.39 is 53.8 Å². The number of likely N-dealkylation sites (tertiary alicyclic amines) is 1. The summed E-state index contributed by atoms with van der Waals surface area (Å²) in [6.07, 6.45) is 1.21. The molecule has 1 saturated heterocycles. The Morgan fingerprint density at radius 1 is 1.06 bits per heavy atom. The topological polar surface area (TPSA) is 244 Å². The van der Waals surface area contributed by atoms with Crippen molar-refractivity contribution in [3.05, 3.63) is 0 Å². The molecule has 1 fully saturated rings. The van der Waals surface area contributed by atoms with Crippen molar-refractivity contribution in [3.63, 3.8) is 0 Å². The fourth-order valence-electron chi connectivity index (χ4n) is 3.91. The van der Waals surface area contributed by atoms with Gasteiger partial charge in [0.25, 0.3) is 0 Å². The van der Waals surface area contributed by atoms with Crippen molar-refractivity contribution in [2.75, 3.05) is 13.1 Å². The molecule has 4 atom stereocenters. The van der Waals surface area contributed by atoms with Crippen LogP contribution in [0.2, 0.25) is 0 Å². The minimum atomic E-state index is -1.22. The highest BCUT2D eigenvalue weighted by Gasteiger charge is 2.39. The molecule has 0 spiro atoms. The zero-order valence-corrected chi connectivity index (χ0v) is 20.8. The maximum absolute atomic E-state index is 13.4. The number of hydrogen-bond acceptors (Lipinski definition) is 7. The summed E-state index contributed by atoms with van der Waals surface area (Å²) in [7, 11) is 0. The molecule has 14 heteroatoms. The number of carboxylic acid groups (broad SMARTS) is 2. The van der Waals surface area contributed by atoms with Crippen LogP contribution < -0.4 is 27.8 Å². The largest absolute Gasteiger partial charge is 0.481 e. The van der Waals surface area contributed by atoms with Crippen molar-refractivity contribution in [2.45, 2.75) is 83.0 Å². The zero-order valence-electron chi connectivity index (χ0n) is 20.8. The van der Waals surface area contributed by atoms with Gasteiger partial charge in [-0.1, -0.05) is 13.8 Å². The lowest BCUT2D eigenvalue weighted by Crippen LogP contribution is -2.57. The highest BCUT2D eigenvalue weighted by Crippen LogP contribution is 2.21. The number of aliphatic imine (C=N–C) groups is 1. The average molecular weight is 514 g/mol. The highest BCUT2D eigenvalue weighted by atomic mass is 16.4. The lowest BCUT2D eigenvalue weighted by atomic mass is 10.0. The molecule has 204 valence electrons. The van der Waals surface area contributed by atoms with E-state index in [0.29, 0.717) is 19.3 Å². The van der Waals surface area contributed by atoms with Crippen LogP contribution in [0.1, 0.15) is 58.8 Å². The van der Waals surface area contributed by atoms with Crippen LogP contribution in [0, 0.1) is 5.92 Å². The van der Waals surface area contributed by atoms with Gasteiger partial charge in [0, 0.05) is 19.5 Å². The fraction of sp³-hybridized carbons (Fsp3) is 0.727. The third-order valence-electron chi connectivity index (χ3n) is 5.73. The molecule has 0 aromatic heterocycles. The van der Waals surface area contributed by atoms with Gasteiger partial charge in [-0.15, -0.1) is 0 Å². The smallest absolute Gasteiger partial charge is 0.326 e. The number of nitrogens with zero attached hydrogens (tertiary/aromatic N) is 2. The molecule has 0 aromatic rings. The molecule has 1 rings (SSSR count). The van der Waals surface area contributed by atoms with Crippen molar-refractivity contribution >= 4 is 35.6 Å². The molecule has 1 aliphatic rings. The van der Waals surface area contributed by atoms with E-state index >= 15 is 0 Å². The Balaban J connectivity index is 2.88. The van der Waals surface area contributed by atoms with E-state index in [9.17, 15) is 29.1 Å². The number of hydrogen-bond donors (Lipinski definition) is 7. The lowest BCUT2D eigenvalue weighted by molar-refractivity contribution is -0.145. The van der Waals surface area contributed by atoms with Crippen LogP contribution >= 0.6 is 0 Å². The van der Waals surface area contributed by atoms with Crippen molar-refractivity contribution in [1.82, 2.24) is 15.5 Å². The summed E-state index contributed by atoms with van der Waals surface area (Å²) in [5.74, 6) is -4.12. The van der Waals surface area contributed by atoms with Gasteiger partial charge >= 0.3 is 11.9 Å². The molecule has 4 unspecified atom stereocenters. The number of rotatable bonds is 15. The van der Waals surface area contributed by atoms with Gasteiger partial charge in [0.2, 0.25) is 17.7 Å². The zero-order chi connectivity index (χ0) is 27.4. The monoisotopic (exact) mass is 513 g/mol. The molecule has 14 nitrogen and oxygen atoms in total. The first-order valence-electron chi connectivity index (χ1n) is 12.0. The third kappa shape index (κ3) is 10.5. The normalized spacial score (nSPS) is 17.7. The fourth-order valence-corrected chi connectivity index (χ4v) is 3.91. The molecule has 0 bridgehead atoms. The van der Waals surface area contributed by atoms with Gasteiger partial charge in [-0.3, -0.25) is 24.2 Å². The SMILES string of the molecule is CC(C)CC(NC(=O)C(N)CCC(=O)O)C(=O)N1CCCC1C(=O)NC(CCCN=C(N)N)C(=O)O. The van der Waals surface area contributed by atoms with Crippen LogP contribution in [0.4, 0.5) is 0 Å². The molecule has 0 aliphatic carbocycles. The maximum atomic E-state index is 13.4. The minimum absolute atomic E-state index is 0.0194. The van der Waals surface area contributed by atoms with Gasteiger partial charge in [0.15, 0.2) is 5.96 Å². The van der Waals surface area contributed by atoms with Crippen LogP contribution in [0.15, 0.2) is 4.99 Å². The molecule has 10 N–H and O–H groups in total. The van der Waals surface area contributed by atoms with Gasteiger partial charge in [0.1, 0.15) is 18.1 Å². The van der Waals surface area contributed by atoms with Crippen LogP contribution in [0.25, 0.3) is 0 Å². The standard InChI is InChI=1S/C22H39N7O7/c1-12(2)11-15(28-18(32)13(23)7-8-17(30)31)20(34)29-10-4-6-16(29)19(33)27-14(21(35)36)5-3-9-26-22(24)25/h12-16H,3-11,23H2,1-2H3,(H,27,33)(H,28,32)(H,30,31)(H,35,36)(H4,24,25,26). The second kappa shape index (κ2) is 14.9. The highest BCUT2D eigenvalue weighted by molar-refractivity contribution is 5.94. The van der Waals surface area contributed by atoms with Gasteiger partial charge in [-0.25, -0.2) is 4.79 Å². The molecule has 0 radical (unpaired) electrons. The van der Waals surface area contributed by atoms with Crippen LogP contribution in [0.3, 0.4) is 0 Å². The Labute approximate surface area is 210 Å². The van der Waals surface area contributed by atoms with E-state index in [4.69, 9.17) is 22.3 Å². The number of nitrogens with two attached hydrogens (primary N) is 3. The predicted octanol–water partition coefficient (Wildman–Crippen LogP) is -1.68. The molecular formula is C22H39N7O7. The van der Waals surface area contributed by atoms with E-state index in [1.165, 1.54) is 4.90 Å². The first-order valence-corrected chi connectivity index (χ1v) is 12.0. The molecule has 1 heterocycles. The van der Waals surface area contributed by atoms with Gasteiger partial charge in [0.05, 0.1) is 6.04 Å². The number of amides is 3. The Morgan fingerprint density at radius 2 is 1.72 bits per heavy atom. The van der Waals surface area contributed by atoms with E-state index in [2.05, 4.69) is 15.6 Å². The van der Waals surface area contributed by atoms with Gasteiger partial charge < -0.3 is 42.9 Å². The van der Waals surface area contributed by atoms with E-state index in [-0.39, 0.29) is 50.7 Å². The van der Waals surface area contributed by atoms with Gasteiger partial charge in [-0.05, 0) is 44.4 Å². The van der Waals surface area contributed by atoms with E-state index in [0.717, 1.165) is 0 Å². The lowest BCUT2D eigenvalue weighted by Gasteiger charge is -2.30. The Bertz CT molecular complexity index is 830. The predicted molar refractivity (Wildman–Crippen MR) is 130 cm³/mol. The molecular weight excluding hydrogens is 474 g/mol. The van der Waals surface area contributed by atoms with E-state index in [1.54, 1.807) is 0 Å². The first kappa shape index (κ1) is 30.6. The summed E-state index contributed by atoms with van der Waals surface area (Å²) in [6.45, 7) is 4.21.